The van der Waals surface area contributed by atoms with Crippen LogP contribution in [0, 0.1) is 5.92 Å². The molecule has 0 bridgehead atoms. The number of rotatable bonds is 12. The molecule has 26 heavy (non-hydrogen) atoms. The van der Waals surface area contributed by atoms with Crippen molar-refractivity contribution in [2.24, 2.45) is 5.92 Å². The average molecular weight is 373 g/mol. The van der Waals surface area contributed by atoms with Crippen molar-refractivity contribution in [1.29, 1.82) is 0 Å². The Balaban J connectivity index is 4.70. The third-order valence-electron chi connectivity index (χ3n) is 3.57. The molecule has 7 heteroatoms. The summed E-state index contributed by atoms with van der Waals surface area (Å²) in [4.78, 5) is 24.1. The fourth-order valence-electron chi connectivity index (χ4n) is 2.18. The number of unbranched alkanes of at least 4 members (excludes halogenated alkanes) is 1. The van der Waals surface area contributed by atoms with E-state index in [0.29, 0.717) is 13.2 Å². The number of nitrogens with one attached hydrogen (secondary N) is 2. The Morgan fingerprint density at radius 1 is 1.31 bits per heavy atom. The van der Waals surface area contributed by atoms with Crippen molar-refractivity contribution in [3.63, 3.8) is 0 Å². The van der Waals surface area contributed by atoms with E-state index in [9.17, 15) is 14.7 Å². The first-order valence-corrected chi connectivity index (χ1v) is 9.24. The standard InChI is InChI=1S/C19H36N2O5/c1-7-9-10-20-17(23)14(3)12-16(22)15(13-25-11-8-2)21-18(24)26-19(4,5)6/h8,14-16,22H,2,7,9-13H2,1,3-6H3,(H,20,23)(H,21,24)/t14-,15+,16+/m1/s1. The van der Waals surface area contributed by atoms with Gasteiger partial charge in [-0.15, -0.1) is 6.58 Å². The maximum Gasteiger partial charge on any atom is 0.408 e. The van der Waals surface area contributed by atoms with Gasteiger partial charge in [0.1, 0.15) is 5.60 Å². The smallest absolute Gasteiger partial charge is 0.408 e. The first-order chi connectivity index (χ1) is 12.1. The minimum atomic E-state index is -0.945. The van der Waals surface area contributed by atoms with E-state index in [4.69, 9.17) is 9.47 Å². The number of aliphatic hydroxyl groups excluding tert-OH is 1. The summed E-state index contributed by atoms with van der Waals surface area (Å²) in [5.41, 5.74) is -0.645. The topological polar surface area (TPSA) is 96.9 Å². The van der Waals surface area contributed by atoms with Crippen LogP contribution in [0.15, 0.2) is 12.7 Å². The van der Waals surface area contributed by atoms with Gasteiger partial charge < -0.3 is 25.2 Å². The zero-order valence-corrected chi connectivity index (χ0v) is 16.8. The molecule has 0 radical (unpaired) electrons. The molecule has 0 saturated heterocycles. The third-order valence-corrected chi connectivity index (χ3v) is 3.57. The molecule has 0 aromatic carbocycles. The van der Waals surface area contributed by atoms with Crippen LogP contribution in [-0.2, 0) is 14.3 Å². The summed E-state index contributed by atoms with van der Waals surface area (Å²) >= 11 is 0. The highest BCUT2D eigenvalue weighted by molar-refractivity contribution is 5.78. The molecule has 0 unspecified atom stereocenters. The van der Waals surface area contributed by atoms with Gasteiger partial charge in [0.05, 0.1) is 25.4 Å². The van der Waals surface area contributed by atoms with Crippen LogP contribution < -0.4 is 10.6 Å². The minimum absolute atomic E-state index is 0.0939. The fourth-order valence-corrected chi connectivity index (χ4v) is 2.18. The van der Waals surface area contributed by atoms with Gasteiger partial charge in [-0.1, -0.05) is 26.3 Å². The van der Waals surface area contributed by atoms with E-state index < -0.39 is 23.8 Å². The van der Waals surface area contributed by atoms with Gasteiger partial charge in [0.25, 0.3) is 0 Å². The lowest BCUT2D eigenvalue weighted by atomic mass is 9.98. The van der Waals surface area contributed by atoms with Gasteiger partial charge in [0, 0.05) is 12.5 Å². The van der Waals surface area contributed by atoms with Crippen LogP contribution in [0.2, 0.25) is 0 Å². The number of alkyl carbamates (subject to hydrolysis) is 1. The SMILES string of the molecule is C=CCOC[C@H](NC(=O)OC(C)(C)C)[C@@H](O)C[C@@H](C)C(=O)NCCCC. The number of hydrogen-bond acceptors (Lipinski definition) is 5. The Morgan fingerprint density at radius 2 is 1.96 bits per heavy atom. The Morgan fingerprint density at radius 3 is 2.50 bits per heavy atom. The van der Waals surface area contributed by atoms with Gasteiger partial charge >= 0.3 is 6.09 Å². The quantitative estimate of drug-likeness (QED) is 0.361. The van der Waals surface area contributed by atoms with Crippen LogP contribution in [0.4, 0.5) is 4.79 Å². The molecule has 0 aliphatic heterocycles. The molecule has 2 amide bonds. The molecule has 7 nitrogen and oxygen atoms in total. The predicted molar refractivity (Wildman–Crippen MR) is 102 cm³/mol. The van der Waals surface area contributed by atoms with Gasteiger partial charge in [-0.25, -0.2) is 4.79 Å². The van der Waals surface area contributed by atoms with Crippen LogP contribution in [0.3, 0.4) is 0 Å². The maximum atomic E-state index is 12.1. The Kier molecular flexibility index (Phi) is 11.9. The van der Waals surface area contributed by atoms with Crippen LogP contribution in [0.5, 0.6) is 0 Å². The van der Waals surface area contributed by atoms with Crippen molar-refractivity contribution in [2.75, 3.05) is 19.8 Å². The lowest BCUT2D eigenvalue weighted by molar-refractivity contribution is -0.125. The zero-order valence-electron chi connectivity index (χ0n) is 16.8. The molecule has 0 saturated carbocycles. The van der Waals surface area contributed by atoms with Crippen LogP contribution in [0.1, 0.15) is 53.9 Å². The Labute approximate surface area is 157 Å². The summed E-state index contributed by atoms with van der Waals surface area (Å²) in [6.07, 6.45) is 2.12. The number of carbonyl (C=O) groups is 2. The second-order valence-electron chi connectivity index (χ2n) is 7.43. The maximum absolute atomic E-state index is 12.1. The van der Waals surface area contributed by atoms with Crippen LogP contribution in [0.25, 0.3) is 0 Å². The molecule has 0 rings (SSSR count). The van der Waals surface area contributed by atoms with E-state index in [1.165, 1.54) is 0 Å². The minimum Gasteiger partial charge on any atom is -0.444 e. The second-order valence-corrected chi connectivity index (χ2v) is 7.43. The van der Waals surface area contributed by atoms with E-state index in [1.54, 1.807) is 33.8 Å². The van der Waals surface area contributed by atoms with E-state index in [-0.39, 0.29) is 24.9 Å². The lowest BCUT2D eigenvalue weighted by Gasteiger charge is -2.27. The lowest BCUT2D eigenvalue weighted by Crippen LogP contribution is -2.49. The largest absolute Gasteiger partial charge is 0.444 e. The van der Waals surface area contributed by atoms with Crippen molar-refractivity contribution in [1.82, 2.24) is 10.6 Å². The van der Waals surface area contributed by atoms with Gasteiger partial charge in [-0.05, 0) is 33.6 Å². The molecule has 152 valence electrons. The monoisotopic (exact) mass is 372 g/mol. The van der Waals surface area contributed by atoms with Crippen LogP contribution in [-0.4, -0.2) is 54.6 Å². The van der Waals surface area contributed by atoms with Crippen LogP contribution >= 0.6 is 0 Å². The molecular weight excluding hydrogens is 336 g/mol. The highest BCUT2D eigenvalue weighted by Crippen LogP contribution is 2.12. The summed E-state index contributed by atoms with van der Waals surface area (Å²) in [5.74, 6) is -0.496. The highest BCUT2D eigenvalue weighted by Gasteiger charge is 2.27. The number of hydrogen-bond donors (Lipinski definition) is 3. The number of carbonyl (C=O) groups excluding carboxylic acids is 2. The zero-order chi connectivity index (χ0) is 20.2. The van der Waals surface area contributed by atoms with E-state index >= 15 is 0 Å². The Hall–Kier alpha value is -1.60. The summed E-state index contributed by atoms with van der Waals surface area (Å²) < 4.78 is 10.6. The van der Waals surface area contributed by atoms with Gasteiger partial charge in [0.2, 0.25) is 5.91 Å². The van der Waals surface area contributed by atoms with Crippen molar-refractivity contribution in [3.8, 4) is 0 Å². The molecule has 0 aromatic rings. The van der Waals surface area contributed by atoms with Gasteiger partial charge in [0.15, 0.2) is 0 Å². The molecule has 0 aromatic heterocycles. The summed E-state index contributed by atoms with van der Waals surface area (Å²) in [6.45, 7) is 13.7. The van der Waals surface area contributed by atoms with Crippen molar-refractivity contribution < 1.29 is 24.2 Å². The fraction of sp³-hybridized carbons (Fsp3) is 0.789. The summed E-state index contributed by atoms with van der Waals surface area (Å²) in [5, 5.41) is 16.0. The number of aliphatic hydroxyl groups is 1. The average Bonchev–Trinajstić information content (AvgIpc) is 2.52. The Bertz CT molecular complexity index is 434. The first kappa shape index (κ1) is 24.4. The molecule has 0 aliphatic rings. The van der Waals surface area contributed by atoms with Crippen molar-refractivity contribution in [2.45, 2.75) is 71.6 Å². The van der Waals surface area contributed by atoms with E-state index in [1.807, 2.05) is 0 Å². The van der Waals surface area contributed by atoms with Crippen molar-refractivity contribution >= 4 is 12.0 Å². The molecular formula is C19H36N2O5. The predicted octanol–water partition coefficient (Wildman–Crippen LogP) is 2.39. The van der Waals surface area contributed by atoms with Crippen molar-refractivity contribution in [3.05, 3.63) is 12.7 Å². The second kappa shape index (κ2) is 12.7. The highest BCUT2D eigenvalue weighted by atomic mass is 16.6. The van der Waals surface area contributed by atoms with E-state index in [2.05, 4.69) is 24.1 Å². The molecule has 0 spiro atoms. The summed E-state index contributed by atoms with van der Waals surface area (Å²) in [7, 11) is 0. The molecule has 0 heterocycles. The summed E-state index contributed by atoms with van der Waals surface area (Å²) in [6, 6.07) is -0.685. The molecule has 3 atom stereocenters. The third kappa shape index (κ3) is 11.9. The molecule has 0 fully saturated rings. The number of amides is 2. The van der Waals surface area contributed by atoms with E-state index in [0.717, 1.165) is 12.8 Å². The molecule has 0 aliphatic carbocycles. The number of ether oxygens (including phenoxy) is 2. The van der Waals surface area contributed by atoms with Gasteiger partial charge in [-0.2, -0.15) is 0 Å². The van der Waals surface area contributed by atoms with Gasteiger partial charge in [-0.3, -0.25) is 4.79 Å². The molecule has 3 N–H and O–H groups in total. The first-order valence-electron chi connectivity index (χ1n) is 9.24. The normalized spacial score (nSPS) is 14.8.